The van der Waals surface area contributed by atoms with Crippen LogP contribution in [0.5, 0.6) is 5.75 Å². The van der Waals surface area contributed by atoms with Gasteiger partial charge in [0.1, 0.15) is 12.0 Å². The fraction of sp³-hybridized carbons (Fsp3) is 0.556. The number of aryl methyl sites for hydroxylation is 3. The highest BCUT2D eigenvalue weighted by Gasteiger charge is 2.20. The van der Waals surface area contributed by atoms with E-state index in [2.05, 4.69) is 17.1 Å². The summed E-state index contributed by atoms with van der Waals surface area (Å²) in [6.45, 7) is 8.42. The molecule has 0 spiro atoms. The highest BCUT2D eigenvalue weighted by atomic mass is 16.7. The van der Waals surface area contributed by atoms with Crippen molar-refractivity contribution in [2.75, 3.05) is 0 Å². The fourth-order valence-corrected chi connectivity index (χ4v) is 2.97. The zero-order chi connectivity index (χ0) is 19.6. The van der Waals surface area contributed by atoms with Crippen LogP contribution in [0.3, 0.4) is 0 Å². The fourth-order valence-electron chi connectivity index (χ4n) is 2.97. The molecule has 0 bridgehead atoms. The van der Waals surface area contributed by atoms with E-state index >= 15 is 0 Å². The maximum Gasteiger partial charge on any atom is 0.332 e. The van der Waals surface area contributed by atoms with Gasteiger partial charge in [-0.25, -0.2) is 9.78 Å². The Bertz CT molecular complexity index is 1040. The Kier molecular flexibility index (Phi) is 5.48. The molecule has 0 aliphatic heterocycles. The lowest BCUT2D eigenvalue weighted by atomic mass is 10.3. The molecule has 0 aliphatic rings. The summed E-state index contributed by atoms with van der Waals surface area (Å²) in [5.41, 5.74) is 0.414. The van der Waals surface area contributed by atoms with Gasteiger partial charge in [-0.05, 0) is 19.8 Å². The summed E-state index contributed by atoms with van der Waals surface area (Å²) < 4.78 is 9.24. The van der Waals surface area contributed by atoms with E-state index in [1.807, 2.05) is 6.92 Å². The Labute approximate surface area is 156 Å². The monoisotopic (exact) mass is 375 g/mol. The summed E-state index contributed by atoms with van der Waals surface area (Å²) in [5, 5.41) is 3.86. The second-order valence-corrected chi connectivity index (χ2v) is 6.59. The van der Waals surface area contributed by atoms with Crippen molar-refractivity contribution in [3.8, 4) is 5.75 Å². The number of aromatic nitrogens is 5. The first-order valence-electron chi connectivity index (χ1n) is 9.31. The molecule has 0 fully saturated rings. The summed E-state index contributed by atoms with van der Waals surface area (Å²) >= 11 is 0. The molecule has 27 heavy (non-hydrogen) atoms. The summed E-state index contributed by atoms with van der Waals surface area (Å²) in [6, 6.07) is 0. The Morgan fingerprint density at radius 3 is 2.33 bits per heavy atom. The summed E-state index contributed by atoms with van der Waals surface area (Å²) in [7, 11) is 0. The maximum atomic E-state index is 13.0. The molecule has 3 aromatic heterocycles. The lowest BCUT2D eigenvalue weighted by molar-refractivity contribution is 0.219. The van der Waals surface area contributed by atoms with Gasteiger partial charge in [0.25, 0.3) is 5.56 Å². The molecule has 0 saturated heterocycles. The minimum Gasteiger partial charge on any atom is -0.368 e. The predicted molar refractivity (Wildman–Crippen MR) is 100 cm³/mol. The number of unbranched alkanes of at least 4 members (excludes halogenated alkanes) is 2. The molecule has 0 amide bonds. The molecule has 0 atom stereocenters. The van der Waals surface area contributed by atoms with Crippen LogP contribution in [0.2, 0.25) is 0 Å². The van der Waals surface area contributed by atoms with Gasteiger partial charge in [-0.1, -0.05) is 31.8 Å². The van der Waals surface area contributed by atoms with Crippen molar-refractivity contribution in [3.05, 3.63) is 38.6 Å². The molecule has 3 rings (SSSR count). The largest absolute Gasteiger partial charge is 0.368 e. The van der Waals surface area contributed by atoms with Crippen LogP contribution in [0.25, 0.3) is 11.2 Å². The average Bonchev–Trinajstić information content (AvgIpc) is 3.20. The molecular weight excluding hydrogens is 350 g/mol. The summed E-state index contributed by atoms with van der Waals surface area (Å²) in [5.74, 6) is 0.931. The molecule has 9 heteroatoms. The van der Waals surface area contributed by atoms with Crippen LogP contribution in [0.1, 0.15) is 51.0 Å². The third-order valence-corrected chi connectivity index (χ3v) is 4.51. The predicted octanol–water partition coefficient (Wildman–Crippen LogP) is 2.41. The van der Waals surface area contributed by atoms with Crippen molar-refractivity contribution in [3.63, 3.8) is 0 Å². The average molecular weight is 375 g/mol. The van der Waals surface area contributed by atoms with E-state index in [1.54, 1.807) is 18.4 Å². The molecule has 3 heterocycles. The van der Waals surface area contributed by atoms with Crippen LogP contribution < -0.4 is 16.1 Å². The zero-order valence-corrected chi connectivity index (χ0v) is 16.2. The van der Waals surface area contributed by atoms with Crippen LogP contribution in [-0.2, 0) is 13.1 Å². The first-order chi connectivity index (χ1) is 13.0. The zero-order valence-electron chi connectivity index (χ0n) is 16.2. The minimum atomic E-state index is -0.402. The van der Waals surface area contributed by atoms with Gasteiger partial charge in [0, 0.05) is 20.0 Å². The standard InChI is InChI=1S/C18H25N5O4/c1-5-7-9-21-16-14(17(24)22(18(21)25)10-8-6-2)23(11-19-16)27-15-12(3)20-26-13(15)4/h11H,5-10H2,1-4H3. The van der Waals surface area contributed by atoms with Gasteiger partial charge in [0.15, 0.2) is 16.9 Å². The molecule has 0 aliphatic carbocycles. The van der Waals surface area contributed by atoms with E-state index < -0.39 is 5.56 Å². The van der Waals surface area contributed by atoms with Crippen molar-refractivity contribution in [1.82, 2.24) is 24.0 Å². The van der Waals surface area contributed by atoms with Gasteiger partial charge in [0.05, 0.1) is 0 Å². The van der Waals surface area contributed by atoms with Crippen LogP contribution in [0.4, 0.5) is 0 Å². The van der Waals surface area contributed by atoms with Crippen LogP contribution in [0.15, 0.2) is 20.4 Å². The molecule has 0 aromatic carbocycles. The van der Waals surface area contributed by atoms with E-state index in [-0.39, 0.29) is 11.2 Å². The molecule has 0 saturated carbocycles. The number of rotatable bonds is 8. The Morgan fingerprint density at radius 1 is 1.07 bits per heavy atom. The van der Waals surface area contributed by atoms with Crippen LogP contribution >= 0.6 is 0 Å². The smallest absolute Gasteiger partial charge is 0.332 e. The van der Waals surface area contributed by atoms with E-state index in [0.717, 1.165) is 25.7 Å². The highest BCUT2D eigenvalue weighted by molar-refractivity contribution is 5.69. The molecule has 0 radical (unpaired) electrons. The van der Waals surface area contributed by atoms with E-state index in [0.29, 0.717) is 35.9 Å². The third kappa shape index (κ3) is 3.41. The van der Waals surface area contributed by atoms with E-state index in [4.69, 9.17) is 9.36 Å². The maximum absolute atomic E-state index is 13.0. The molecule has 0 N–H and O–H groups in total. The lowest BCUT2D eigenvalue weighted by Gasteiger charge is -2.12. The van der Waals surface area contributed by atoms with Crippen molar-refractivity contribution in [1.29, 1.82) is 0 Å². The highest BCUT2D eigenvalue weighted by Crippen LogP contribution is 2.23. The molecule has 146 valence electrons. The van der Waals surface area contributed by atoms with Crippen molar-refractivity contribution in [2.24, 2.45) is 0 Å². The molecular formula is C18H25N5O4. The second kappa shape index (κ2) is 7.81. The number of hydrogen-bond donors (Lipinski definition) is 0. The number of fused-ring (bicyclic) bond motifs is 1. The SMILES string of the molecule is CCCCn1c(=O)c2c(ncn2Oc2c(C)noc2C)n(CCCC)c1=O. The topological polar surface area (TPSA) is 97.1 Å². The Morgan fingerprint density at radius 2 is 1.74 bits per heavy atom. The van der Waals surface area contributed by atoms with Gasteiger partial charge < -0.3 is 9.36 Å². The second-order valence-electron chi connectivity index (χ2n) is 6.59. The summed E-state index contributed by atoms with van der Waals surface area (Å²) in [6.07, 6.45) is 4.78. The first-order valence-corrected chi connectivity index (χ1v) is 9.31. The van der Waals surface area contributed by atoms with E-state index in [9.17, 15) is 9.59 Å². The molecule has 3 aromatic rings. The van der Waals surface area contributed by atoms with Gasteiger partial charge in [0.2, 0.25) is 5.75 Å². The Hall–Kier alpha value is -2.84. The van der Waals surface area contributed by atoms with E-state index in [1.165, 1.54) is 15.6 Å². The summed E-state index contributed by atoms with van der Waals surface area (Å²) in [4.78, 5) is 36.0. The third-order valence-electron chi connectivity index (χ3n) is 4.51. The van der Waals surface area contributed by atoms with Crippen molar-refractivity contribution < 1.29 is 9.36 Å². The van der Waals surface area contributed by atoms with Crippen LogP contribution in [0, 0.1) is 13.8 Å². The quantitative estimate of drug-likeness (QED) is 0.600. The van der Waals surface area contributed by atoms with Crippen molar-refractivity contribution >= 4 is 11.2 Å². The minimum absolute atomic E-state index is 0.238. The van der Waals surface area contributed by atoms with Crippen molar-refractivity contribution in [2.45, 2.75) is 66.5 Å². The van der Waals surface area contributed by atoms with Gasteiger partial charge >= 0.3 is 5.69 Å². The number of imidazole rings is 1. The Balaban J connectivity index is 2.19. The number of hydrogen-bond acceptors (Lipinski definition) is 6. The molecule has 0 unspecified atom stereocenters. The first kappa shape index (κ1) is 18.9. The van der Waals surface area contributed by atoms with Crippen LogP contribution in [-0.4, -0.2) is 24.0 Å². The molecule has 9 nitrogen and oxygen atoms in total. The normalized spacial score (nSPS) is 11.4. The lowest BCUT2D eigenvalue weighted by Crippen LogP contribution is -2.41. The van der Waals surface area contributed by atoms with Gasteiger partial charge in [-0.2, -0.15) is 4.73 Å². The van der Waals surface area contributed by atoms with Gasteiger partial charge in [-0.3, -0.25) is 13.9 Å². The van der Waals surface area contributed by atoms with Gasteiger partial charge in [-0.15, -0.1) is 0 Å². The number of nitrogens with zero attached hydrogens (tertiary/aromatic N) is 5.